The van der Waals surface area contributed by atoms with Crippen LogP contribution in [0.5, 0.6) is 11.5 Å². The van der Waals surface area contributed by atoms with Crippen molar-refractivity contribution in [1.29, 1.82) is 0 Å². The van der Waals surface area contributed by atoms with Crippen LogP contribution >= 0.6 is 0 Å². The third-order valence-electron chi connectivity index (χ3n) is 3.51. The fraction of sp³-hybridized carbons (Fsp3) is 0.417. The van der Waals surface area contributed by atoms with Crippen molar-refractivity contribution in [3.63, 3.8) is 0 Å². The molecule has 1 spiro atoms. The second-order valence-electron chi connectivity index (χ2n) is 4.56. The SMILES string of the molecule is O=C1Nc2ccc(O)cc2OCC12CCC2. The summed E-state index contributed by atoms with van der Waals surface area (Å²) in [5.41, 5.74) is 0.306. The van der Waals surface area contributed by atoms with Gasteiger partial charge < -0.3 is 15.2 Å². The lowest BCUT2D eigenvalue weighted by molar-refractivity contribution is -0.132. The van der Waals surface area contributed by atoms with Gasteiger partial charge in [0, 0.05) is 6.07 Å². The molecule has 0 unspecified atom stereocenters. The van der Waals surface area contributed by atoms with Crippen molar-refractivity contribution in [2.24, 2.45) is 5.41 Å². The van der Waals surface area contributed by atoms with Crippen molar-refractivity contribution in [1.82, 2.24) is 0 Å². The Morgan fingerprint density at radius 3 is 2.88 bits per heavy atom. The van der Waals surface area contributed by atoms with Gasteiger partial charge in [0.05, 0.1) is 11.1 Å². The zero-order valence-corrected chi connectivity index (χ0v) is 8.82. The number of phenols is 1. The van der Waals surface area contributed by atoms with Crippen LogP contribution in [0, 0.1) is 5.41 Å². The number of hydrogen-bond donors (Lipinski definition) is 2. The first-order valence-electron chi connectivity index (χ1n) is 5.47. The maximum absolute atomic E-state index is 12.0. The summed E-state index contributed by atoms with van der Waals surface area (Å²) in [6, 6.07) is 4.74. The van der Waals surface area contributed by atoms with E-state index in [1.165, 1.54) is 6.07 Å². The van der Waals surface area contributed by atoms with E-state index in [0.29, 0.717) is 18.0 Å². The van der Waals surface area contributed by atoms with Crippen molar-refractivity contribution in [2.75, 3.05) is 11.9 Å². The number of carbonyl (C=O) groups excluding carboxylic acids is 1. The van der Waals surface area contributed by atoms with Gasteiger partial charge in [-0.1, -0.05) is 6.42 Å². The van der Waals surface area contributed by atoms with Gasteiger partial charge >= 0.3 is 0 Å². The van der Waals surface area contributed by atoms with Gasteiger partial charge in [0.25, 0.3) is 0 Å². The summed E-state index contributed by atoms with van der Waals surface area (Å²) in [4.78, 5) is 12.0. The maximum Gasteiger partial charge on any atom is 0.234 e. The van der Waals surface area contributed by atoms with Gasteiger partial charge in [-0.15, -0.1) is 0 Å². The number of fused-ring (bicyclic) bond motifs is 1. The van der Waals surface area contributed by atoms with Crippen LogP contribution in [0.3, 0.4) is 0 Å². The monoisotopic (exact) mass is 219 g/mol. The zero-order valence-electron chi connectivity index (χ0n) is 8.82. The fourth-order valence-electron chi connectivity index (χ4n) is 2.25. The summed E-state index contributed by atoms with van der Waals surface area (Å²) in [6.07, 6.45) is 2.86. The maximum atomic E-state index is 12.0. The van der Waals surface area contributed by atoms with Crippen LogP contribution in [-0.4, -0.2) is 17.6 Å². The Kier molecular flexibility index (Phi) is 1.87. The van der Waals surface area contributed by atoms with Crippen molar-refractivity contribution in [3.05, 3.63) is 18.2 Å². The predicted molar refractivity (Wildman–Crippen MR) is 58.5 cm³/mol. The lowest BCUT2D eigenvalue weighted by Crippen LogP contribution is -2.45. The predicted octanol–water partition coefficient (Wildman–Crippen LogP) is 1.89. The molecule has 84 valence electrons. The Hall–Kier alpha value is -1.71. The highest BCUT2D eigenvalue weighted by molar-refractivity contribution is 5.98. The summed E-state index contributed by atoms with van der Waals surface area (Å²) in [6.45, 7) is 0.412. The third kappa shape index (κ3) is 1.26. The Bertz CT molecular complexity index is 452. The molecule has 1 aliphatic carbocycles. The average molecular weight is 219 g/mol. The number of rotatable bonds is 0. The molecule has 2 aliphatic rings. The molecule has 0 aromatic heterocycles. The van der Waals surface area contributed by atoms with E-state index in [-0.39, 0.29) is 17.1 Å². The van der Waals surface area contributed by atoms with Gasteiger partial charge in [-0.25, -0.2) is 0 Å². The molecular formula is C12H13NO3. The number of carbonyl (C=O) groups is 1. The normalized spacial score (nSPS) is 21.4. The standard InChI is InChI=1S/C12H13NO3/c14-8-2-3-9-10(6-8)16-7-12(4-1-5-12)11(15)13-9/h2-3,6,14H,1,4-5,7H2,(H,13,15). The zero-order chi connectivity index (χ0) is 11.2. The number of anilines is 1. The number of phenolic OH excluding ortho intramolecular Hbond substituents is 1. The summed E-state index contributed by atoms with van der Waals surface area (Å²) >= 11 is 0. The molecule has 1 saturated carbocycles. The smallest absolute Gasteiger partial charge is 0.234 e. The van der Waals surface area contributed by atoms with Crippen molar-refractivity contribution < 1.29 is 14.6 Å². The molecule has 3 rings (SSSR count). The van der Waals surface area contributed by atoms with Gasteiger partial charge in [0.2, 0.25) is 5.91 Å². The molecule has 4 heteroatoms. The van der Waals surface area contributed by atoms with Gasteiger partial charge in [0.1, 0.15) is 18.1 Å². The van der Waals surface area contributed by atoms with Gasteiger partial charge in [-0.05, 0) is 25.0 Å². The van der Waals surface area contributed by atoms with Crippen LogP contribution in [0.1, 0.15) is 19.3 Å². The second-order valence-corrected chi connectivity index (χ2v) is 4.56. The van der Waals surface area contributed by atoms with Crippen molar-refractivity contribution in [3.8, 4) is 11.5 Å². The topological polar surface area (TPSA) is 58.6 Å². The highest BCUT2D eigenvalue weighted by atomic mass is 16.5. The first kappa shape index (κ1) is 9.51. The Balaban J connectivity index is 1.96. The van der Waals surface area contributed by atoms with E-state index in [9.17, 15) is 9.90 Å². The average Bonchev–Trinajstić information content (AvgIpc) is 2.33. The van der Waals surface area contributed by atoms with Gasteiger partial charge in [-0.3, -0.25) is 4.79 Å². The fourth-order valence-corrected chi connectivity index (χ4v) is 2.25. The number of aromatic hydroxyl groups is 1. The van der Waals surface area contributed by atoms with Gasteiger partial charge in [-0.2, -0.15) is 0 Å². The van der Waals surface area contributed by atoms with Crippen LogP contribution in [-0.2, 0) is 4.79 Å². The Labute approximate surface area is 93.2 Å². The molecule has 0 bridgehead atoms. The number of ether oxygens (including phenoxy) is 1. The molecule has 0 atom stereocenters. The van der Waals surface area contributed by atoms with E-state index in [2.05, 4.69) is 5.32 Å². The second kappa shape index (κ2) is 3.14. The third-order valence-corrected chi connectivity index (χ3v) is 3.51. The summed E-state index contributed by atoms with van der Waals surface area (Å²) in [5, 5.41) is 12.2. The molecule has 1 heterocycles. The molecule has 1 amide bonds. The molecular weight excluding hydrogens is 206 g/mol. The Morgan fingerprint density at radius 1 is 1.38 bits per heavy atom. The number of hydrogen-bond acceptors (Lipinski definition) is 3. The Morgan fingerprint density at radius 2 is 2.19 bits per heavy atom. The first-order valence-corrected chi connectivity index (χ1v) is 5.47. The minimum Gasteiger partial charge on any atom is -0.508 e. The largest absolute Gasteiger partial charge is 0.508 e. The van der Waals surface area contributed by atoms with Crippen LogP contribution in [0.2, 0.25) is 0 Å². The van der Waals surface area contributed by atoms with Crippen LogP contribution < -0.4 is 10.1 Å². The van der Waals surface area contributed by atoms with E-state index in [1.807, 2.05) is 0 Å². The molecule has 1 aromatic rings. The minimum absolute atomic E-state index is 0.0446. The number of benzene rings is 1. The van der Waals surface area contributed by atoms with Crippen LogP contribution in [0.15, 0.2) is 18.2 Å². The van der Waals surface area contributed by atoms with Crippen molar-refractivity contribution >= 4 is 11.6 Å². The highest BCUT2D eigenvalue weighted by Gasteiger charge is 2.46. The van der Waals surface area contributed by atoms with Crippen molar-refractivity contribution in [2.45, 2.75) is 19.3 Å². The summed E-state index contributed by atoms with van der Waals surface area (Å²) in [5.74, 6) is 0.748. The van der Waals surface area contributed by atoms with E-state index in [0.717, 1.165) is 19.3 Å². The molecule has 1 aromatic carbocycles. The molecule has 2 N–H and O–H groups in total. The number of nitrogens with one attached hydrogen (secondary N) is 1. The number of amides is 1. The quantitative estimate of drug-likeness (QED) is 0.655. The molecule has 0 saturated heterocycles. The first-order chi connectivity index (χ1) is 7.70. The van der Waals surface area contributed by atoms with Gasteiger partial charge in [0.15, 0.2) is 0 Å². The molecule has 16 heavy (non-hydrogen) atoms. The van der Waals surface area contributed by atoms with Crippen LogP contribution in [0.4, 0.5) is 5.69 Å². The van der Waals surface area contributed by atoms with E-state index in [1.54, 1.807) is 12.1 Å². The lowest BCUT2D eigenvalue weighted by atomic mass is 9.69. The molecule has 1 fully saturated rings. The highest BCUT2D eigenvalue weighted by Crippen LogP contribution is 2.45. The molecule has 1 aliphatic heterocycles. The lowest BCUT2D eigenvalue weighted by Gasteiger charge is -2.37. The summed E-state index contributed by atoms with van der Waals surface area (Å²) < 4.78 is 5.61. The van der Waals surface area contributed by atoms with Crippen LogP contribution in [0.25, 0.3) is 0 Å². The van der Waals surface area contributed by atoms with E-state index in [4.69, 9.17) is 4.74 Å². The minimum atomic E-state index is -0.339. The van der Waals surface area contributed by atoms with E-state index >= 15 is 0 Å². The molecule has 4 nitrogen and oxygen atoms in total. The molecule has 0 radical (unpaired) electrons. The summed E-state index contributed by atoms with van der Waals surface area (Å²) in [7, 11) is 0. The van der Waals surface area contributed by atoms with E-state index < -0.39 is 0 Å².